The number of nitrogens with one attached hydrogen (secondary N) is 1. The van der Waals surface area contributed by atoms with Crippen LogP contribution >= 0.6 is 12.6 Å². The number of nitrogens with zero attached hydrogens (tertiary/aromatic N) is 1. The summed E-state index contributed by atoms with van der Waals surface area (Å²) in [6, 6.07) is 0. The third-order valence-corrected chi connectivity index (χ3v) is 2.64. The average molecular weight is 230 g/mol. The smallest absolute Gasteiger partial charge is 0.252 e. The van der Waals surface area contributed by atoms with Gasteiger partial charge in [-0.3, -0.25) is 19.7 Å². The van der Waals surface area contributed by atoms with Crippen molar-refractivity contribution in [3.63, 3.8) is 0 Å². The van der Waals surface area contributed by atoms with Gasteiger partial charge in [-0.15, -0.1) is 0 Å². The van der Waals surface area contributed by atoms with Crippen molar-refractivity contribution < 1.29 is 14.4 Å². The molecule has 1 N–H and O–H groups in total. The minimum atomic E-state index is -0.964. The third kappa shape index (κ3) is 2.31. The highest BCUT2D eigenvalue weighted by atomic mass is 32.1. The van der Waals surface area contributed by atoms with E-state index < -0.39 is 17.4 Å². The van der Waals surface area contributed by atoms with Crippen molar-refractivity contribution >= 4 is 30.4 Å². The summed E-state index contributed by atoms with van der Waals surface area (Å²) in [5.41, 5.74) is -0.964. The molecule has 3 amide bonds. The summed E-state index contributed by atoms with van der Waals surface area (Å²) in [7, 11) is 0. The average Bonchev–Trinajstić information content (AvgIpc) is 2.12. The zero-order valence-electron chi connectivity index (χ0n) is 8.74. The molecule has 1 heterocycles. The Morgan fingerprint density at radius 2 is 2.13 bits per heavy atom. The lowest BCUT2D eigenvalue weighted by molar-refractivity contribution is -0.155. The molecule has 1 aliphatic heterocycles. The maximum absolute atomic E-state index is 11.6. The molecule has 0 spiro atoms. The predicted octanol–water partition coefficient (Wildman–Crippen LogP) is -0.430. The summed E-state index contributed by atoms with van der Waals surface area (Å²) in [6.45, 7) is 3.17. The zero-order valence-corrected chi connectivity index (χ0v) is 9.63. The van der Waals surface area contributed by atoms with Gasteiger partial charge in [0.15, 0.2) is 0 Å². The Labute approximate surface area is 93.6 Å². The topological polar surface area (TPSA) is 66.5 Å². The van der Waals surface area contributed by atoms with Crippen LogP contribution in [0, 0.1) is 0 Å². The molecule has 1 aliphatic rings. The molecule has 84 valence electrons. The number of imide groups is 1. The fraction of sp³-hybridized carbons (Fsp3) is 0.667. The summed E-state index contributed by atoms with van der Waals surface area (Å²) < 4.78 is 0. The molecule has 1 rings (SSSR count). The monoisotopic (exact) mass is 230 g/mol. The maximum Gasteiger partial charge on any atom is 0.252 e. The van der Waals surface area contributed by atoms with Crippen LogP contribution in [0.1, 0.15) is 20.3 Å². The van der Waals surface area contributed by atoms with Crippen LogP contribution in [0.15, 0.2) is 0 Å². The van der Waals surface area contributed by atoms with Crippen molar-refractivity contribution in [1.29, 1.82) is 0 Å². The second kappa shape index (κ2) is 4.22. The van der Waals surface area contributed by atoms with Gasteiger partial charge in [0.2, 0.25) is 11.8 Å². The van der Waals surface area contributed by atoms with Gasteiger partial charge >= 0.3 is 0 Å². The van der Waals surface area contributed by atoms with Crippen LogP contribution in [0.4, 0.5) is 0 Å². The highest BCUT2D eigenvalue weighted by molar-refractivity contribution is 7.80. The third-order valence-electron chi connectivity index (χ3n) is 2.41. The lowest BCUT2D eigenvalue weighted by Gasteiger charge is -2.40. The number of amides is 3. The van der Waals surface area contributed by atoms with Gasteiger partial charge in [-0.1, -0.05) is 0 Å². The van der Waals surface area contributed by atoms with Crippen LogP contribution in [0.3, 0.4) is 0 Å². The SMILES string of the molecule is CC1(C)C(=O)NC(=O)CN1C(=O)CCS. The fourth-order valence-corrected chi connectivity index (χ4v) is 1.60. The molecule has 0 aromatic rings. The van der Waals surface area contributed by atoms with Crippen molar-refractivity contribution in [2.24, 2.45) is 0 Å². The minimum absolute atomic E-state index is 0.0641. The van der Waals surface area contributed by atoms with Gasteiger partial charge in [0.25, 0.3) is 5.91 Å². The number of hydrogen-bond donors (Lipinski definition) is 2. The molecule has 0 aromatic carbocycles. The van der Waals surface area contributed by atoms with E-state index in [1.807, 2.05) is 0 Å². The van der Waals surface area contributed by atoms with E-state index in [2.05, 4.69) is 17.9 Å². The van der Waals surface area contributed by atoms with Gasteiger partial charge in [0.05, 0.1) is 0 Å². The number of hydrogen-bond acceptors (Lipinski definition) is 4. The van der Waals surface area contributed by atoms with Gasteiger partial charge in [0, 0.05) is 6.42 Å². The molecule has 5 nitrogen and oxygen atoms in total. The molecule has 0 bridgehead atoms. The first-order valence-corrected chi connectivity index (χ1v) is 5.28. The van der Waals surface area contributed by atoms with Crippen LogP contribution in [0.2, 0.25) is 0 Å². The van der Waals surface area contributed by atoms with Crippen molar-refractivity contribution in [3.8, 4) is 0 Å². The molecule has 1 saturated heterocycles. The van der Waals surface area contributed by atoms with Crippen LogP contribution in [0.25, 0.3) is 0 Å². The molecule has 0 atom stereocenters. The van der Waals surface area contributed by atoms with Gasteiger partial charge in [-0.05, 0) is 19.6 Å². The molecule has 0 aromatic heterocycles. The van der Waals surface area contributed by atoms with E-state index in [4.69, 9.17) is 0 Å². The summed E-state index contributed by atoms with van der Waals surface area (Å²) in [6.07, 6.45) is 0.229. The van der Waals surface area contributed by atoms with E-state index in [9.17, 15) is 14.4 Å². The number of rotatable bonds is 2. The highest BCUT2D eigenvalue weighted by Gasteiger charge is 2.42. The Kier molecular flexibility index (Phi) is 3.38. The molecule has 15 heavy (non-hydrogen) atoms. The van der Waals surface area contributed by atoms with Crippen molar-refractivity contribution in [2.45, 2.75) is 25.8 Å². The maximum atomic E-state index is 11.6. The Morgan fingerprint density at radius 3 is 2.67 bits per heavy atom. The first-order chi connectivity index (χ1) is 6.89. The van der Waals surface area contributed by atoms with Crippen molar-refractivity contribution in [2.75, 3.05) is 12.3 Å². The van der Waals surface area contributed by atoms with Crippen molar-refractivity contribution in [1.82, 2.24) is 10.2 Å². The predicted molar refractivity (Wildman–Crippen MR) is 57.4 cm³/mol. The number of thiol groups is 1. The number of carbonyl (C=O) groups is 3. The Hall–Kier alpha value is -1.04. The van der Waals surface area contributed by atoms with Crippen molar-refractivity contribution in [3.05, 3.63) is 0 Å². The molecule has 1 fully saturated rings. The van der Waals surface area contributed by atoms with Gasteiger partial charge < -0.3 is 4.90 Å². The minimum Gasteiger partial charge on any atom is -0.319 e. The lowest BCUT2D eigenvalue weighted by Crippen LogP contribution is -2.65. The first kappa shape index (κ1) is 12.0. The molecular formula is C9H14N2O3S. The lowest BCUT2D eigenvalue weighted by atomic mass is 9.98. The fourth-order valence-electron chi connectivity index (χ4n) is 1.41. The first-order valence-electron chi connectivity index (χ1n) is 4.65. The quantitative estimate of drug-likeness (QED) is 0.500. The van der Waals surface area contributed by atoms with Gasteiger partial charge in [0.1, 0.15) is 12.1 Å². The van der Waals surface area contributed by atoms with E-state index in [1.54, 1.807) is 13.8 Å². The summed E-state index contributed by atoms with van der Waals surface area (Å²) in [5.74, 6) is -0.697. The summed E-state index contributed by atoms with van der Waals surface area (Å²) >= 11 is 3.95. The second-order valence-electron chi connectivity index (χ2n) is 3.89. The molecule has 6 heteroatoms. The zero-order chi connectivity index (χ0) is 11.6. The summed E-state index contributed by atoms with van der Waals surface area (Å²) in [4.78, 5) is 35.6. The molecule has 0 saturated carbocycles. The highest BCUT2D eigenvalue weighted by Crippen LogP contribution is 2.19. The van der Waals surface area contributed by atoms with E-state index >= 15 is 0 Å². The number of piperazine rings is 1. The van der Waals surface area contributed by atoms with E-state index in [-0.39, 0.29) is 18.9 Å². The van der Waals surface area contributed by atoms with Gasteiger partial charge in [-0.2, -0.15) is 12.6 Å². The Balaban J connectivity index is 2.88. The van der Waals surface area contributed by atoms with E-state index in [1.165, 1.54) is 4.90 Å². The van der Waals surface area contributed by atoms with Crippen LogP contribution < -0.4 is 5.32 Å². The largest absolute Gasteiger partial charge is 0.319 e. The standard InChI is InChI=1S/C9H14N2O3S/c1-9(2)8(14)10-6(12)5-11(9)7(13)3-4-15/h15H,3-5H2,1-2H3,(H,10,12,14). The summed E-state index contributed by atoms with van der Waals surface area (Å²) in [5, 5.41) is 2.21. The number of carbonyl (C=O) groups excluding carboxylic acids is 3. The molecule has 0 radical (unpaired) electrons. The second-order valence-corrected chi connectivity index (χ2v) is 4.34. The van der Waals surface area contributed by atoms with E-state index in [0.717, 1.165) is 0 Å². The molecule has 0 aliphatic carbocycles. The van der Waals surface area contributed by atoms with Crippen LogP contribution in [-0.4, -0.2) is 40.5 Å². The normalized spacial score (nSPS) is 20.1. The molecular weight excluding hydrogens is 216 g/mol. The van der Waals surface area contributed by atoms with Gasteiger partial charge in [-0.25, -0.2) is 0 Å². The van der Waals surface area contributed by atoms with Crippen LogP contribution in [-0.2, 0) is 14.4 Å². The Morgan fingerprint density at radius 1 is 1.53 bits per heavy atom. The molecule has 0 unspecified atom stereocenters. The van der Waals surface area contributed by atoms with Crippen LogP contribution in [0.5, 0.6) is 0 Å². The Bertz CT molecular complexity index is 314. The van der Waals surface area contributed by atoms with E-state index in [0.29, 0.717) is 5.75 Å².